The average Bonchev–Trinajstić information content (AvgIpc) is 2.49. The van der Waals surface area contributed by atoms with E-state index in [1.165, 1.54) is 13.0 Å². The maximum absolute atomic E-state index is 10.7. The zero-order chi connectivity index (χ0) is 15.1. The van der Waals surface area contributed by atoms with Crippen LogP contribution in [0.25, 0.3) is 0 Å². The summed E-state index contributed by atoms with van der Waals surface area (Å²) in [5, 5.41) is 10.7. The van der Waals surface area contributed by atoms with Crippen LogP contribution in [0.15, 0.2) is 35.9 Å². The van der Waals surface area contributed by atoms with Crippen LogP contribution in [0, 0.1) is 10.1 Å². The summed E-state index contributed by atoms with van der Waals surface area (Å²) in [6.45, 7) is 11.7. The fourth-order valence-corrected chi connectivity index (χ4v) is 2.09. The molecule has 0 amide bonds. The second-order valence-corrected chi connectivity index (χ2v) is 4.23. The maximum atomic E-state index is 10.7. The number of allylic oxidation sites excluding steroid dienone is 3. The Bertz CT molecular complexity index is 429. The van der Waals surface area contributed by atoms with Crippen LogP contribution in [0.2, 0.25) is 0 Å². The first-order valence-corrected chi connectivity index (χ1v) is 6.80. The van der Waals surface area contributed by atoms with Crippen molar-refractivity contribution in [2.75, 3.05) is 26.4 Å². The number of ether oxygens (including phenoxy) is 2. The molecule has 0 aliphatic carbocycles. The van der Waals surface area contributed by atoms with Gasteiger partial charge in [0.05, 0.1) is 36.0 Å². The van der Waals surface area contributed by atoms with Crippen molar-refractivity contribution < 1.29 is 14.4 Å². The highest BCUT2D eigenvalue weighted by Crippen LogP contribution is 2.26. The first kappa shape index (κ1) is 16.2. The van der Waals surface area contributed by atoms with Gasteiger partial charge in [0.25, 0.3) is 0 Å². The van der Waals surface area contributed by atoms with Crippen LogP contribution < -0.4 is 0 Å². The van der Waals surface area contributed by atoms with Crippen molar-refractivity contribution in [3.05, 3.63) is 46.0 Å². The van der Waals surface area contributed by atoms with Crippen LogP contribution in [0.3, 0.4) is 0 Å². The van der Waals surface area contributed by atoms with E-state index in [4.69, 9.17) is 9.47 Å². The first-order valence-electron chi connectivity index (χ1n) is 6.80. The van der Waals surface area contributed by atoms with Gasteiger partial charge in [0.15, 0.2) is 0 Å². The van der Waals surface area contributed by atoms with Crippen LogP contribution in [-0.2, 0) is 9.47 Å². The molecule has 2 heterocycles. The van der Waals surface area contributed by atoms with Gasteiger partial charge in [-0.25, -0.2) is 0 Å². The molecular formula is C14H22N2O4. The van der Waals surface area contributed by atoms with E-state index in [-0.39, 0.29) is 11.7 Å². The van der Waals surface area contributed by atoms with Crippen molar-refractivity contribution in [1.29, 1.82) is 0 Å². The molecule has 1 unspecified atom stereocenters. The lowest BCUT2D eigenvalue weighted by Crippen LogP contribution is -2.49. The summed E-state index contributed by atoms with van der Waals surface area (Å²) >= 11 is 0. The predicted molar refractivity (Wildman–Crippen MR) is 76.6 cm³/mol. The second-order valence-electron chi connectivity index (χ2n) is 4.23. The van der Waals surface area contributed by atoms with Gasteiger partial charge in [0, 0.05) is 13.5 Å². The SMILES string of the molecule is C=CC1=C(/C=C(\C)[N+](=O)[O-])OCC2COCCN12.CC. The summed E-state index contributed by atoms with van der Waals surface area (Å²) < 4.78 is 11.0. The van der Waals surface area contributed by atoms with Crippen LogP contribution in [-0.4, -0.2) is 42.2 Å². The molecule has 2 aliphatic heterocycles. The van der Waals surface area contributed by atoms with Gasteiger partial charge in [-0.3, -0.25) is 10.1 Å². The van der Waals surface area contributed by atoms with Gasteiger partial charge in [-0.2, -0.15) is 0 Å². The molecule has 0 radical (unpaired) electrons. The van der Waals surface area contributed by atoms with Gasteiger partial charge in [0.1, 0.15) is 12.4 Å². The van der Waals surface area contributed by atoms with Gasteiger partial charge in [-0.1, -0.05) is 20.4 Å². The molecule has 0 bridgehead atoms. The molecule has 2 aliphatic rings. The number of fused-ring (bicyclic) bond motifs is 1. The summed E-state index contributed by atoms with van der Waals surface area (Å²) in [7, 11) is 0. The lowest BCUT2D eigenvalue weighted by atomic mass is 10.1. The van der Waals surface area contributed by atoms with E-state index >= 15 is 0 Å². The third-order valence-electron chi connectivity index (χ3n) is 3.04. The Hall–Kier alpha value is -1.82. The van der Waals surface area contributed by atoms with Crippen molar-refractivity contribution >= 4 is 0 Å². The highest BCUT2D eigenvalue weighted by molar-refractivity contribution is 5.30. The third kappa shape index (κ3) is 3.60. The van der Waals surface area contributed by atoms with Crippen LogP contribution in [0.4, 0.5) is 0 Å². The van der Waals surface area contributed by atoms with E-state index in [1.54, 1.807) is 6.08 Å². The van der Waals surface area contributed by atoms with Crippen LogP contribution in [0.5, 0.6) is 0 Å². The Morgan fingerprint density at radius 3 is 2.80 bits per heavy atom. The quantitative estimate of drug-likeness (QED) is 0.587. The van der Waals surface area contributed by atoms with Crippen molar-refractivity contribution in [3.63, 3.8) is 0 Å². The van der Waals surface area contributed by atoms with E-state index < -0.39 is 4.92 Å². The minimum absolute atomic E-state index is 0.0519. The molecular weight excluding hydrogens is 260 g/mol. The molecule has 2 rings (SSSR count). The number of nitro groups is 1. The van der Waals surface area contributed by atoms with Crippen molar-refractivity contribution in [3.8, 4) is 0 Å². The van der Waals surface area contributed by atoms with E-state index in [0.29, 0.717) is 25.6 Å². The van der Waals surface area contributed by atoms with Gasteiger partial charge >= 0.3 is 0 Å². The molecule has 0 saturated carbocycles. The lowest BCUT2D eigenvalue weighted by Gasteiger charge is -2.41. The highest BCUT2D eigenvalue weighted by atomic mass is 16.6. The standard InChI is InChI=1S/C12H16N2O4.C2H6/c1-3-11-12(6-9(2)14(15)16)18-8-10-7-17-5-4-13(10)11;1-2/h3,6,10H,1,4-5,7-8H2,2H3;1-2H3/b9-6+;. The van der Waals surface area contributed by atoms with E-state index in [2.05, 4.69) is 11.5 Å². The molecule has 1 saturated heterocycles. The number of hydrogen-bond acceptors (Lipinski definition) is 5. The molecule has 0 aromatic rings. The van der Waals surface area contributed by atoms with Crippen LogP contribution in [0.1, 0.15) is 20.8 Å². The van der Waals surface area contributed by atoms with Gasteiger partial charge < -0.3 is 14.4 Å². The number of morpholine rings is 1. The Labute approximate surface area is 119 Å². The normalized spacial score (nSPS) is 22.2. The smallest absolute Gasteiger partial charge is 0.246 e. The second kappa shape index (κ2) is 7.69. The topological polar surface area (TPSA) is 64.8 Å². The van der Waals surface area contributed by atoms with Crippen molar-refractivity contribution in [1.82, 2.24) is 4.90 Å². The minimum Gasteiger partial charge on any atom is -0.489 e. The molecule has 0 aromatic heterocycles. The lowest BCUT2D eigenvalue weighted by molar-refractivity contribution is -0.424. The number of hydrogen-bond donors (Lipinski definition) is 0. The largest absolute Gasteiger partial charge is 0.489 e. The Kier molecular flexibility index (Phi) is 6.24. The maximum Gasteiger partial charge on any atom is 0.246 e. The van der Waals surface area contributed by atoms with E-state index in [0.717, 1.165) is 12.2 Å². The molecule has 20 heavy (non-hydrogen) atoms. The third-order valence-corrected chi connectivity index (χ3v) is 3.04. The fourth-order valence-electron chi connectivity index (χ4n) is 2.09. The zero-order valence-electron chi connectivity index (χ0n) is 12.3. The molecule has 1 atom stereocenters. The molecule has 0 aromatic carbocycles. The molecule has 6 nitrogen and oxygen atoms in total. The molecule has 0 spiro atoms. The summed E-state index contributed by atoms with van der Waals surface area (Å²) in [5.41, 5.74) is 0.854. The Morgan fingerprint density at radius 1 is 1.50 bits per heavy atom. The Balaban J connectivity index is 0.000000956. The average molecular weight is 282 g/mol. The molecule has 0 N–H and O–H groups in total. The number of rotatable bonds is 3. The predicted octanol–water partition coefficient (Wildman–Crippen LogP) is 2.32. The van der Waals surface area contributed by atoms with Gasteiger partial charge in [-0.05, 0) is 6.08 Å². The van der Waals surface area contributed by atoms with Gasteiger partial charge in [-0.15, -0.1) is 0 Å². The highest BCUT2D eigenvalue weighted by Gasteiger charge is 2.30. The fraction of sp³-hybridized carbons (Fsp3) is 0.571. The van der Waals surface area contributed by atoms with Gasteiger partial charge in [0.2, 0.25) is 5.70 Å². The summed E-state index contributed by atoms with van der Waals surface area (Å²) in [4.78, 5) is 12.4. The number of nitrogens with zero attached hydrogens (tertiary/aromatic N) is 2. The molecule has 6 heteroatoms. The molecule has 112 valence electrons. The summed E-state index contributed by atoms with van der Waals surface area (Å²) in [6, 6.07) is 0.166. The van der Waals surface area contributed by atoms with Crippen LogP contribution >= 0.6 is 0 Å². The summed E-state index contributed by atoms with van der Waals surface area (Å²) in [6.07, 6.45) is 3.12. The summed E-state index contributed by atoms with van der Waals surface area (Å²) in [5.74, 6) is 0.511. The first-order chi connectivity index (χ1) is 9.63. The van der Waals surface area contributed by atoms with Crippen molar-refractivity contribution in [2.24, 2.45) is 0 Å². The Morgan fingerprint density at radius 2 is 2.20 bits per heavy atom. The monoisotopic (exact) mass is 282 g/mol. The zero-order valence-corrected chi connectivity index (χ0v) is 12.3. The molecule has 1 fully saturated rings. The van der Waals surface area contributed by atoms with E-state index in [1.807, 2.05) is 13.8 Å². The minimum atomic E-state index is -0.428. The van der Waals surface area contributed by atoms with E-state index in [9.17, 15) is 10.1 Å². The van der Waals surface area contributed by atoms with Crippen molar-refractivity contribution in [2.45, 2.75) is 26.8 Å².